The van der Waals surface area contributed by atoms with Crippen molar-refractivity contribution in [2.45, 2.75) is 44.3 Å². The first-order valence-electron chi connectivity index (χ1n) is 6.55. The summed E-state index contributed by atoms with van der Waals surface area (Å²) in [4.78, 5) is 1.95. The van der Waals surface area contributed by atoms with Crippen molar-refractivity contribution >= 4 is 0 Å². The molecule has 0 aromatic heterocycles. The average molecular weight is 250 g/mol. The van der Waals surface area contributed by atoms with Gasteiger partial charge in [0, 0.05) is 12.6 Å². The van der Waals surface area contributed by atoms with Gasteiger partial charge in [0.15, 0.2) is 0 Å². The maximum atomic E-state index is 12.1. The van der Waals surface area contributed by atoms with Crippen molar-refractivity contribution in [3.63, 3.8) is 0 Å². The lowest BCUT2D eigenvalue weighted by molar-refractivity contribution is -0.138. The van der Waals surface area contributed by atoms with Gasteiger partial charge in [-0.05, 0) is 51.2 Å². The third-order valence-electron chi connectivity index (χ3n) is 3.69. The van der Waals surface area contributed by atoms with E-state index in [9.17, 15) is 13.2 Å². The molecule has 2 rings (SSSR count). The molecule has 1 aliphatic heterocycles. The Morgan fingerprint density at radius 1 is 1.06 bits per heavy atom. The van der Waals surface area contributed by atoms with E-state index in [-0.39, 0.29) is 6.54 Å². The second-order valence-corrected chi connectivity index (χ2v) is 5.33. The van der Waals surface area contributed by atoms with E-state index in [1.54, 1.807) is 0 Å². The maximum Gasteiger partial charge on any atom is 0.390 e. The van der Waals surface area contributed by atoms with Gasteiger partial charge in [0.1, 0.15) is 0 Å². The van der Waals surface area contributed by atoms with Crippen LogP contribution in [-0.4, -0.2) is 43.3 Å². The van der Waals surface area contributed by atoms with Crippen LogP contribution in [0.4, 0.5) is 13.2 Å². The molecule has 0 atom stereocenters. The van der Waals surface area contributed by atoms with Crippen LogP contribution in [-0.2, 0) is 0 Å². The van der Waals surface area contributed by atoms with Crippen molar-refractivity contribution < 1.29 is 13.2 Å². The summed E-state index contributed by atoms with van der Waals surface area (Å²) in [6, 6.07) is 0.734. The van der Waals surface area contributed by atoms with Crippen LogP contribution >= 0.6 is 0 Å². The van der Waals surface area contributed by atoms with E-state index in [0.717, 1.165) is 38.5 Å². The molecule has 0 aromatic carbocycles. The number of piperidine rings is 1. The van der Waals surface area contributed by atoms with E-state index < -0.39 is 12.6 Å². The highest BCUT2D eigenvalue weighted by molar-refractivity contribution is 4.83. The predicted octanol–water partition coefficient (Wildman–Crippen LogP) is 2.40. The molecule has 1 saturated carbocycles. The Bertz CT molecular complexity index is 230. The normalized spacial score (nSPS) is 24.2. The van der Waals surface area contributed by atoms with Crippen molar-refractivity contribution in [3.8, 4) is 0 Å². The molecule has 100 valence electrons. The van der Waals surface area contributed by atoms with Gasteiger partial charge >= 0.3 is 6.18 Å². The number of halogens is 3. The molecule has 0 amide bonds. The Morgan fingerprint density at radius 3 is 2.24 bits per heavy atom. The Morgan fingerprint density at radius 2 is 1.71 bits per heavy atom. The largest absolute Gasteiger partial charge is 0.390 e. The molecule has 2 aliphatic rings. The Kier molecular flexibility index (Phi) is 4.31. The van der Waals surface area contributed by atoms with Gasteiger partial charge in [-0.3, -0.25) is 0 Å². The third-order valence-corrected chi connectivity index (χ3v) is 3.69. The Labute approximate surface area is 101 Å². The van der Waals surface area contributed by atoms with Crippen molar-refractivity contribution in [1.82, 2.24) is 10.2 Å². The van der Waals surface area contributed by atoms with E-state index >= 15 is 0 Å². The quantitative estimate of drug-likeness (QED) is 0.806. The summed E-state index contributed by atoms with van der Waals surface area (Å²) < 4.78 is 36.2. The number of nitrogens with zero attached hydrogens (tertiary/aromatic N) is 1. The summed E-state index contributed by atoms with van der Waals surface area (Å²) in [5, 5.41) is 3.50. The van der Waals surface area contributed by atoms with Crippen molar-refractivity contribution in [2.75, 3.05) is 26.2 Å². The molecule has 0 bridgehead atoms. The van der Waals surface area contributed by atoms with Crippen LogP contribution in [0.25, 0.3) is 0 Å². The van der Waals surface area contributed by atoms with Crippen molar-refractivity contribution in [3.05, 3.63) is 0 Å². The van der Waals surface area contributed by atoms with Crippen LogP contribution in [0.3, 0.4) is 0 Å². The molecule has 1 heterocycles. The van der Waals surface area contributed by atoms with E-state index in [1.165, 1.54) is 12.8 Å². The number of nitrogens with one attached hydrogen (secondary N) is 1. The summed E-state index contributed by atoms with van der Waals surface area (Å²) in [6.07, 6.45) is -0.00756. The van der Waals surface area contributed by atoms with E-state index in [4.69, 9.17) is 0 Å². The van der Waals surface area contributed by atoms with Gasteiger partial charge < -0.3 is 10.2 Å². The monoisotopic (exact) mass is 250 g/mol. The third kappa shape index (κ3) is 5.25. The molecule has 17 heavy (non-hydrogen) atoms. The smallest absolute Gasteiger partial charge is 0.314 e. The molecular weight excluding hydrogens is 229 g/mol. The van der Waals surface area contributed by atoms with Gasteiger partial charge in [0.25, 0.3) is 0 Å². The lowest BCUT2D eigenvalue weighted by Gasteiger charge is -2.32. The lowest BCUT2D eigenvalue weighted by Crippen LogP contribution is -2.39. The Balaban J connectivity index is 1.56. The SMILES string of the molecule is FC(F)(F)CCN1CCC(CNC2CC2)CC1. The number of hydrogen-bond donors (Lipinski definition) is 1. The minimum absolute atomic E-state index is 0.173. The van der Waals surface area contributed by atoms with Crippen LogP contribution in [0, 0.1) is 5.92 Å². The Hall–Kier alpha value is -0.290. The van der Waals surface area contributed by atoms with Gasteiger partial charge in [-0.15, -0.1) is 0 Å². The summed E-state index contributed by atoms with van der Waals surface area (Å²) in [5.74, 6) is 0.665. The van der Waals surface area contributed by atoms with E-state index in [1.807, 2.05) is 4.90 Å². The van der Waals surface area contributed by atoms with Gasteiger partial charge in [-0.25, -0.2) is 0 Å². The molecule has 0 radical (unpaired) electrons. The molecule has 1 saturated heterocycles. The molecule has 2 nitrogen and oxygen atoms in total. The molecule has 0 aromatic rings. The molecule has 0 unspecified atom stereocenters. The highest BCUT2D eigenvalue weighted by Crippen LogP contribution is 2.24. The fourth-order valence-electron chi connectivity index (χ4n) is 2.32. The maximum absolute atomic E-state index is 12.1. The highest BCUT2D eigenvalue weighted by Gasteiger charge is 2.29. The molecule has 1 aliphatic carbocycles. The number of alkyl halides is 3. The van der Waals surface area contributed by atoms with Crippen molar-refractivity contribution in [1.29, 1.82) is 0 Å². The lowest BCUT2D eigenvalue weighted by atomic mass is 9.96. The summed E-state index contributed by atoms with van der Waals surface area (Å²) in [7, 11) is 0. The van der Waals surface area contributed by atoms with E-state index in [0.29, 0.717) is 5.92 Å². The van der Waals surface area contributed by atoms with Crippen LogP contribution in [0.1, 0.15) is 32.1 Å². The van der Waals surface area contributed by atoms with Crippen LogP contribution in [0.5, 0.6) is 0 Å². The molecule has 1 N–H and O–H groups in total. The molecule has 5 heteroatoms. The zero-order valence-electron chi connectivity index (χ0n) is 10.1. The molecule has 0 spiro atoms. The number of likely N-dealkylation sites (tertiary alicyclic amines) is 1. The zero-order chi connectivity index (χ0) is 12.3. The van der Waals surface area contributed by atoms with Gasteiger partial charge in [-0.2, -0.15) is 13.2 Å². The minimum Gasteiger partial charge on any atom is -0.314 e. The first-order valence-corrected chi connectivity index (χ1v) is 6.55. The van der Waals surface area contributed by atoms with Crippen LogP contribution in [0.2, 0.25) is 0 Å². The van der Waals surface area contributed by atoms with Gasteiger partial charge in [0.05, 0.1) is 6.42 Å². The summed E-state index contributed by atoms with van der Waals surface area (Å²) >= 11 is 0. The van der Waals surface area contributed by atoms with Gasteiger partial charge in [-0.1, -0.05) is 0 Å². The number of rotatable bonds is 5. The van der Waals surface area contributed by atoms with Crippen LogP contribution in [0.15, 0.2) is 0 Å². The standard InChI is InChI=1S/C12H21F3N2/c13-12(14,15)5-8-17-6-3-10(4-7-17)9-16-11-1-2-11/h10-11,16H,1-9H2. The number of hydrogen-bond acceptors (Lipinski definition) is 2. The fourth-order valence-corrected chi connectivity index (χ4v) is 2.32. The highest BCUT2D eigenvalue weighted by atomic mass is 19.4. The zero-order valence-corrected chi connectivity index (χ0v) is 10.1. The topological polar surface area (TPSA) is 15.3 Å². The molecule has 2 fully saturated rings. The second-order valence-electron chi connectivity index (χ2n) is 5.33. The average Bonchev–Trinajstić information content (AvgIpc) is 3.08. The fraction of sp³-hybridized carbons (Fsp3) is 1.00. The minimum atomic E-state index is -4.01. The van der Waals surface area contributed by atoms with E-state index in [2.05, 4.69) is 5.32 Å². The summed E-state index contributed by atoms with van der Waals surface area (Å²) in [5.41, 5.74) is 0. The first kappa shape index (κ1) is 13.1. The molecular formula is C12H21F3N2. The second kappa shape index (κ2) is 5.57. The predicted molar refractivity (Wildman–Crippen MR) is 60.9 cm³/mol. The van der Waals surface area contributed by atoms with Gasteiger partial charge in [0.2, 0.25) is 0 Å². The first-order chi connectivity index (χ1) is 8.03. The van der Waals surface area contributed by atoms with Crippen molar-refractivity contribution in [2.24, 2.45) is 5.92 Å². The summed E-state index contributed by atoms with van der Waals surface area (Å²) in [6.45, 7) is 2.88. The van der Waals surface area contributed by atoms with Crippen LogP contribution < -0.4 is 5.32 Å².